The van der Waals surface area contributed by atoms with Crippen LogP contribution in [0.1, 0.15) is 12.8 Å². The van der Waals surface area contributed by atoms with Crippen LogP contribution in [-0.4, -0.2) is 10.3 Å². The second-order valence-corrected chi connectivity index (χ2v) is 3.84. The Morgan fingerprint density at radius 2 is 2.38 bits per heavy atom. The number of thiocyanates is 1. The van der Waals surface area contributed by atoms with Gasteiger partial charge in [0.05, 0.1) is 13.6 Å². The van der Waals surface area contributed by atoms with E-state index in [2.05, 4.69) is 22.5 Å². The lowest BCUT2D eigenvalue weighted by molar-refractivity contribution is -0.671. The highest BCUT2D eigenvalue weighted by molar-refractivity contribution is 8.03. The normalized spacial score (nSPS) is 9.85. The van der Waals surface area contributed by atoms with Crippen molar-refractivity contribution in [3.05, 3.63) is 18.7 Å². The van der Waals surface area contributed by atoms with Gasteiger partial charge in [-0.1, -0.05) is 0 Å². The van der Waals surface area contributed by atoms with E-state index in [0.29, 0.717) is 0 Å². The first-order valence-electron chi connectivity index (χ1n) is 4.35. The highest BCUT2D eigenvalue weighted by atomic mass is 32.2. The molecule has 0 spiro atoms. The average molecular weight is 196 g/mol. The van der Waals surface area contributed by atoms with Crippen LogP contribution in [0.4, 0.5) is 0 Å². The number of unbranched alkanes of at least 4 members (excludes halogenated alkanes) is 1. The maximum atomic E-state index is 8.29. The van der Waals surface area contributed by atoms with Crippen LogP contribution in [0.2, 0.25) is 0 Å². The summed E-state index contributed by atoms with van der Waals surface area (Å²) in [6.07, 6.45) is 8.42. The lowest BCUT2D eigenvalue weighted by atomic mass is 10.3. The third-order valence-corrected chi connectivity index (χ3v) is 2.42. The van der Waals surface area contributed by atoms with E-state index in [0.717, 1.165) is 25.1 Å². The van der Waals surface area contributed by atoms with E-state index in [9.17, 15) is 0 Å². The molecule has 1 aromatic heterocycles. The van der Waals surface area contributed by atoms with Crippen LogP contribution in [-0.2, 0) is 13.6 Å². The van der Waals surface area contributed by atoms with Crippen molar-refractivity contribution in [2.24, 2.45) is 7.05 Å². The number of imidazole rings is 1. The molecule has 0 aliphatic heterocycles. The maximum Gasteiger partial charge on any atom is 0.243 e. The van der Waals surface area contributed by atoms with Gasteiger partial charge in [-0.25, -0.2) is 9.13 Å². The highest BCUT2D eigenvalue weighted by Gasteiger charge is 1.98. The molecule has 1 heterocycles. The van der Waals surface area contributed by atoms with Crippen molar-refractivity contribution in [2.75, 3.05) is 5.75 Å². The SMILES string of the molecule is C[n+]1ccn(CCCCSC#N)c1. The Morgan fingerprint density at radius 1 is 1.54 bits per heavy atom. The lowest BCUT2D eigenvalue weighted by Crippen LogP contribution is -2.23. The number of hydrogen-bond donors (Lipinski definition) is 0. The summed E-state index contributed by atoms with van der Waals surface area (Å²) in [6, 6.07) is 0. The van der Waals surface area contributed by atoms with Gasteiger partial charge in [0, 0.05) is 5.75 Å². The Kier molecular flexibility index (Phi) is 4.41. The predicted molar refractivity (Wildman–Crippen MR) is 52.9 cm³/mol. The molecule has 0 aliphatic rings. The van der Waals surface area contributed by atoms with Gasteiger partial charge in [-0.05, 0) is 24.6 Å². The van der Waals surface area contributed by atoms with Crippen LogP contribution in [0.3, 0.4) is 0 Å². The summed E-state index contributed by atoms with van der Waals surface area (Å²) >= 11 is 1.34. The first-order valence-corrected chi connectivity index (χ1v) is 5.33. The minimum atomic E-state index is 0.948. The number of rotatable bonds is 5. The van der Waals surface area contributed by atoms with Gasteiger partial charge in [-0.15, -0.1) is 0 Å². The predicted octanol–water partition coefficient (Wildman–Crippen LogP) is 1.31. The van der Waals surface area contributed by atoms with Crippen molar-refractivity contribution in [3.8, 4) is 5.40 Å². The Labute approximate surface area is 83.0 Å². The molecule has 3 nitrogen and oxygen atoms in total. The largest absolute Gasteiger partial charge is 0.243 e. The molecule has 4 heteroatoms. The smallest absolute Gasteiger partial charge is 0.240 e. The molecule has 0 N–H and O–H groups in total. The van der Waals surface area contributed by atoms with Crippen LogP contribution >= 0.6 is 11.8 Å². The van der Waals surface area contributed by atoms with Crippen molar-refractivity contribution < 1.29 is 4.57 Å². The number of nitrogens with zero attached hydrogens (tertiary/aromatic N) is 3. The first-order chi connectivity index (χ1) is 6.33. The monoisotopic (exact) mass is 196 g/mol. The third kappa shape index (κ3) is 4.00. The molecule has 0 saturated heterocycles. The molecule has 0 radical (unpaired) electrons. The zero-order valence-electron chi connectivity index (χ0n) is 7.81. The van der Waals surface area contributed by atoms with Crippen LogP contribution < -0.4 is 4.57 Å². The van der Waals surface area contributed by atoms with E-state index in [1.165, 1.54) is 11.8 Å². The summed E-state index contributed by atoms with van der Waals surface area (Å²) in [7, 11) is 2.02. The Hall–Kier alpha value is -0.950. The van der Waals surface area contributed by atoms with Gasteiger partial charge >= 0.3 is 0 Å². The van der Waals surface area contributed by atoms with Crippen molar-refractivity contribution in [3.63, 3.8) is 0 Å². The second kappa shape index (κ2) is 5.65. The summed E-state index contributed by atoms with van der Waals surface area (Å²) in [6.45, 7) is 1.05. The van der Waals surface area contributed by atoms with E-state index >= 15 is 0 Å². The fraction of sp³-hybridized carbons (Fsp3) is 0.556. The quantitative estimate of drug-likeness (QED) is 0.404. The van der Waals surface area contributed by atoms with Crippen molar-refractivity contribution in [2.45, 2.75) is 19.4 Å². The molecule has 0 aromatic carbocycles. The maximum absolute atomic E-state index is 8.29. The molecule has 0 unspecified atom stereocenters. The molecule has 0 aliphatic carbocycles. The first kappa shape index (κ1) is 10.1. The zero-order valence-corrected chi connectivity index (χ0v) is 8.63. The topological polar surface area (TPSA) is 32.6 Å². The van der Waals surface area contributed by atoms with Gasteiger partial charge in [0.15, 0.2) is 0 Å². The van der Waals surface area contributed by atoms with Gasteiger partial charge in [0.1, 0.15) is 17.8 Å². The second-order valence-electron chi connectivity index (χ2n) is 2.96. The van der Waals surface area contributed by atoms with Crippen LogP contribution in [0.25, 0.3) is 0 Å². The molecule has 0 saturated carbocycles. The van der Waals surface area contributed by atoms with E-state index < -0.39 is 0 Å². The number of thioether (sulfide) groups is 1. The fourth-order valence-corrected chi connectivity index (χ4v) is 1.59. The lowest BCUT2D eigenvalue weighted by Gasteiger charge is -1.94. The minimum Gasteiger partial charge on any atom is -0.240 e. The molecule has 0 atom stereocenters. The van der Waals surface area contributed by atoms with E-state index in [1.54, 1.807) is 0 Å². The van der Waals surface area contributed by atoms with Crippen LogP contribution in [0.15, 0.2) is 18.7 Å². The van der Waals surface area contributed by atoms with Crippen molar-refractivity contribution in [1.82, 2.24) is 4.57 Å². The standard InChI is InChI=1S/C9H14N3S/c1-11-5-6-12(9-11)4-2-3-7-13-8-10/h5-6,9H,2-4,7H2,1H3/q+1. The van der Waals surface area contributed by atoms with Crippen molar-refractivity contribution in [1.29, 1.82) is 5.26 Å². The fourth-order valence-electron chi connectivity index (χ4n) is 1.15. The number of hydrogen-bond acceptors (Lipinski definition) is 2. The van der Waals surface area contributed by atoms with Gasteiger partial charge in [-0.3, -0.25) is 0 Å². The summed E-state index contributed by atoms with van der Waals surface area (Å²) in [5, 5.41) is 10.4. The van der Waals surface area contributed by atoms with Gasteiger partial charge in [-0.2, -0.15) is 5.26 Å². The summed E-state index contributed by atoms with van der Waals surface area (Å²) < 4.78 is 4.20. The van der Waals surface area contributed by atoms with E-state index in [4.69, 9.17) is 5.26 Å². The number of nitriles is 1. The summed E-state index contributed by atoms with van der Waals surface area (Å²) in [4.78, 5) is 0. The number of aromatic nitrogens is 2. The number of aryl methyl sites for hydroxylation is 2. The molecule has 1 rings (SSSR count). The average Bonchev–Trinajstić information content (AvgIpc) is 2.51. The Bertz CT molecular complexity index is 287. The molecular formula is C9H14N3S+. The molecular weight excluding hydrogens is 182 g/mol. The highest BCUT2D eigenvalue weighted by Crippen LogP contribution is 2.02. The Morgan fingerprint density at radius 3 is 3.00 bits per heavy atom. The molecule has 1 aromatic rings. The molecule has 0 bridgehead atoms. The van der Waals surface area contributed by atoms with Crippen LogP contribution in [0, 0.1) is 10.7 Å². The minimum absolute atomic E-state index is 0.948. The van der Waals surface area contributed by atoms with Crippen molar-refractivity contribution >= 4 is 11.8 Å². The van der Waals surface area contributed by atoms with E-state index in [-0.39, 0.29) is 0 Å². The molecule has 13 heavy (non-hydrogen) atoms. The van der Waals surface area contributed by atoms with E-state index in [1.807, 2.05) is 17.8 Å². The van der Waals surface area contributed by atoms with Gasteiger partial charge in [0.25, 0.3) is 0 Å². The van der Waals surface area contributed by atoms with Gasteiger partial charge in [0.2, 0.25) is 6.33 Å². The zero-order chi connectivity index (χ0) is 9.52. The molecule has 0 amide bonds. The third-order valence-electron chi connectivity index (χ3n) is 1.80. The summed E-state index contributed by atoms with van der Waals surface area (Å²) in [5.41, 5.74) is 0. The summed E-state index contributed by atoms with van der Waals surface area (Å²) in [5.74, 6) is 0.948. The Balaban J connectivity index is 2.10. The van der Waals surface area contributed by atoms with Gasteiger partial charge < -0.3 is 0 Å². The van der Waals surface area contributed by atoms with Crippen LogP contribution in [0.5, 0.6) is 0 Å². The molecule has 70 valence electrons. The molecule has 0 fully saturated rings.